The Balaban J connectivity index is 2.00. The first kappa shape index (κ1) is 14.2. The SMILES string of the molecule is CN1C(=N)N[C@](C)(c2cc(-c3cncnc3)nn2C)CC1=O. The van der Waals surface area contributed by atoms with Crippen molar-refractivity contribution >= 4 is 11.9 Å². The molecule has 2 aromatic rings. The number of hydrogen-bond acceptors (Lipinski definition) is 5. The van der Waals surface area contributed by atoms with Crippen LogP contribution in [0.4, 0.5) is 0 Å². The summed E-state index contributed by atoms with van der Waals surface area (Å²) < 4.78 is 1.72. The van der Waals surface area contributed by atoms with Crippen LogP contribution in [0.3, 0.4) is 0 Å². The van der Waals surface area contributed by atoms with Gasteiger partial charge in [-0.3, -0.25) is 19.8 Å². The Morgan fingerprint density at radius 2 is 2.00 bits per heavy atom. The molecule has 2 aromatic heterocycles. The van der Waals surface area contributed by atoms with E-state index >= 15 is 0 Å². The van der Waals surface area contributed by atoms with Crippen molar-refractivity contribution < 1.29 is 4.79 Å². The molecule has 0 aliphatic carbocycles. The molecule has 0 spiro atoms. The van der Waals surface area contributed by atoms with Crippen LogP contribution in [0.15, 0.2) is 24.8 Å². The topological polar surface area (TPSA) is 99.8 Å². The summed E-state index contributed by atoms with van der Waals surface area (Å²) in [4.78, 5) is 21.4. The maximum Gasteiger partial charge on any atom is 0.231 e. The van der Waals surface area contributed by atoms with Crippen molar-refractivity contribution in [3.05, 3.63) is 30.5 Å². The van der Waals surface area contributed by atoms with Crippen LogP contribution in [-0.2, 0) is 17.4 Å². The number of amides is 1. The van der Waals surface area contributed by atoms with Crippen molar-refractivity contribution in [1.29, 1.82) is 5.41 Å². The van der Waals surface area contributed by atoms with Gasteiger partial charge in [0, 0.05) is 32.1 Å². The third-order valence-corrected chi connectivity index (χ3v) is 3.91. The van der Waals surface area contributed by atoms with Gasteiger partial charge < -0.3 is 5.32 Å². The predicted octanol–water partition coefficient (Wildman–Crippen LogP) is 0.479. The number of hydrogen-bond donors (Lipinski definition) is 2. The van der Waals surface area contributed by atoms with Gasteiger partial charge in [-0.15, -0.1) is 0 Å². The van der Waals surface area contributed by atoms with Crippen molar-refractivity contribution in [2.75, 3.05) is 7.05 Å². The van der Waals surface area contributed by atoms with E-state index in [0.29, 0.717) is 0 Å². The Labute approximate surface area is 127 Å². The van der Waals surface area contributed by atoms with Crippen LogP contribution in [0.5, 0.6) is 0 Å². The Bertz CT molecular complexity index is 719. The molecule has 3 rings (SSSR count). The van der Waals surface area contributed by atoms with Gasteiger partial charge in [-0.05, 0) is 13.0 Å². The quantitative estimate of drug-likeness (QED) is 0.840. The zero-order chi connectivity index (χ0) is 15.9. The van der Waals surface area contributed by atoms with E-state index in [1.807, 2.05) is 20.0 Å². The summed E-state index contributed by atoms with van der Waals surface area (Å²) in [5.74, 6) is -0.0124. The minimum absolute atomic E-state index is 0.0875. The van der Waals surface area contributed by atoms with Gasteiger partial charge in [0.1, 0.15) is 6.33 Å². The van der Waals surface area contributed by atoms with E-state index in [2.05, 4.69) is 20.4 Å². The van der Waals surface area contributed by atoms with Gasteiger partial charge in [0.2, 0.25) is 5.91 Å². The highest BCUT2D eigenvalue weighted by molar-refractivity contribution is 5.98. The fraction of sp³-hybridized carbons (Fsp3) is 0.357. The van der Waals surface area contributed by atoms with Gasteiger partial charge >= 0.3 is 0 Å². The molecule has 1 aliphatic rings. The zero-order valence-corrected chi connectivity index (χ0v) is 12.7. The Morgan fingerprint density at radius 1 is 1.32 bits per heavy atom. The molecule has 2 N–H and O–H groups in total. The number of rotatable bonds is 2. The first-order chi connectivity index (χ1) is 10.4. The second-order valence-electron chi connectivity index (χ2n) is 5.60. The number of carbonyl (C=O) groups is 1. The monoisotopic (exact) mass is 299 g/mol. The van der Waals surface area contributed by atoms with E-state index in [1.54, 1.807) is 24.1 Å². The number of nitrogens with one attached hydrogen (secondary N) is 2. The Hall–Kier alpha value is -2.77. The van der Waals surface area contributed by atoms with E-state index in [0.717, 1.165) is 17.0 Å². The Morgan fingerprint density at radius 3 is 2.64 bits per heavy atom. The lowest BCUT2D eigenvalue weighted by atomic mass is 9.90. The van der Waals surface area contributed by atoms with E-state index in [9.17, 15) is 4.79 Å². The van der Waals surface area contributed by atoms with Gasteiger partial charge in [0.25, 0.3) is 0 Å². The summed E-state index contributed by atoms with van der Waals surface area (Å²) in [6.07, 6.45) is 5.11. The third kappa shape index (κ3) is 2.22. The molecule has 0 bridgehead atoms. The fourth-order valence-electron chi connectivity index (χ4n) is 2.65. The zero-order valence-electron chi connectivity index (χ0n) is 12.7. The lowest BCUT2D eigenvalue weighted by Gasteiger charge is -2.39. The average molecular weight is 299 g/mol. The molecule has 0 saturated carbocycles. The van der Waals surface area contributed by atoms with Crippen LogP contribution < -0.4 is 5.32 Å². The summed E-state index contributed by atoms with van der Waals surface area (Å²) in [7, 11) is 3.41. The van der Waals surface area contributed by atoms with Crippen LogP contribution in [0, 0.1) is 5.41 Å². The minimum Gasteiger partial charge on any atom is -0.345 e. The fourth-order valence-corrected chi connectivity index (χ4v) is 2.65. The van der Waals surface area contributed by atoms with Crippen LogP contribution in [-0.4, -0.2) is 43.6 Å². The average Bonchev–Trinajstić information content (AvgIpc) is 2.88. The standard InChI is InChI=1S/C14H17N7O/c1-14(5-12(22)20(2)13(15)18-14)11-4-10(19-21(11)3)9-6-16-8-17-7-9/h4,6-8H,5H2,1-3H3,(H2,15,18)/t14-/m0/s1. The normalized spacial score (nSPS) is 21.9. The van der Waals surface area contributed by atoms with Gasteiger partial charge in [0.15, 0.2) is 5.96 Å². The smallest absolute Gasteiger partial charge is 0.231 e. The molecule has 0 unspecified atom stereocenters. The van der Waals surface area contributed by atoms with Crippen molar-refractivity contribution in [2.24, 2.45) is 7.05 Å². The highest BCUT2D eigenvalue weighted by Crippen LogP contribution is 2.30. The molecule has 1 fully saturated rings. The summed E-state index contributed by atoms with van der Waals surface area (Å²) in [6.45, 7) is 1.90. The maximum atomic E-state index is 12.1. The van der Waals surface area contributed by atoms with Crippen molar-refractivity contribution in [1.82, 2.24) is 30.0 Å². The molecule has 22 heavy (non-hydrogen) atoms. The Kier molecular flexibility index (Phi) is 3.16. The molecule has 8 heteroatoms. The van der Waals surface area contributed by atoms with Crippen molar-refractivity contribution in [3.8, 4) is 11.3 Å². The summed E-state index contributed by atoms with van der Waals surface area (Å²) in [5.41, 5.74) is 1.70. The molecular weight excluding hydrogens is 282 g/mol. The van der Waals surface area contributed by atoms with Gasteiger partial charge in [0.05, 0.1) is 23.3 Å². The molecule has 3 heterocycles. The minimum atomic E-state index is -0.670. The number of aryl methyl sites for hydroxylation is 1. The maximum absolute atomic E-state index is 12.1. The van der Waals surface area contributed by atoms with Gasteiger partial charge in [-0.2, -0.15) is 5.10 Å². The molecule has 1 amide bonds. The predicted molar refractivity (Wildman–Crippen MR) is 79.8 cm³/mol. The van der Waals surface area contributed by atoms with Crippen molar-refractivity contribution in [3.63, 3.8) is 0 Å². The molecule has 0 aromatic carbocycles. The highest BCUT2D eigenvalue weighted by atomic mass is 16.2. The first-order valence-corrected chi connectivity index (χ1v) is 6.84. The van der Waals surface area contributed by atoms with Crippen LogP contribution in [0.1, 0.15) is 19.0 Å². The number of aromatic nitrogens is 4. The highest BCUT2D eigenvalue weighted by Gasteiger charge is 2.40. The number of nitrogens with zero attached hydrogens (tertiary/aromatic N) is 5. The molecule has 0 radical (unpaired) electrons. The summed E-state index contributed by atoms with van der Waals surface area (Å²) in [5, 5.41) is 15.5. The molecule has 114 valence electrons. The van der Waals surface area contributed by atoms with E-state index in [1.165, 1.54) is 11.2 Å². The number of guanidine groups is 1. The lowest BCUT2D eigenvalue weighted by Crippen LogP contribution is -2.58. The molecule has 1 saturated heterocycles. The molecular formula is C14H17N7O. The lowest BCUT2D eigenvalue weighted by molar-refractivity contribution is -0.129. The summed E-state index contributed by atoms with van der Waals surface area (Å²) >= 11 is 0. The van der Waals surface area contributed by atoms with E-state index < -0.39 is 5.54 Å². The first-order valence-electron chi connectivity index (χ1n) is 6.84. The van der Waals surface area contributed by atoms with Gasteiger partial charge in [-0.25, -0.2) is 9.97 Å². The van der Waals surface area contributed by atoms with Crippen molar-refractivity contribution in [2.45, 2.75) is 18.9 Å². The van der Waals surface area contributed by atoms with Crippen LogP contribution in [0.25, 0.3) is 11.3 Å². The van der Waals surface area contributed by atoms with E-state index in [4.69, 9.17) is 5.41 Å². The molecule has 8 nitrogen and oxygen atoms in total. The molecule has 1 aliphatic heterocycles. The molecule has 1 atom stereocenters. The largest absolute Gasteiger partial charge is 0.345 e. The van der Waals surface area contributed by atoms with Crippen LogP contribution >= 0.6 is 0 Å². The third-order valence-electron chi connectivity index (χ3n) is 3.91. The van der Waals surface area contributed by atoms with E-state index in [-0.39, 0.29) is 18.3 Å². The van der Waals surface area contributed by atoms with Gasteiger partial charge in [-0.1, -0.05) is 0 Å². The van der Waals surface area contributed by atoms with Crippen LogP contribution in [0.2, 0.25) is 0 Å². The second-order valence-corrected chi connectivity index (χ2v) is 5.60. The summed E-state index contributed by atoms with van der Waals surface area (Å²) in [6, 6.07) is 1.90. The second kappa shape index (κ2) is 4.90. The number of carbonyl (C=O) groups excluding carboxylic acids is 1.